The van der Waals surface area contributed by atoms with Gasteiger partial charge in [-0.15, -0.1) is 0 Å². The summed E-state index contributed by atoms with van der Waals surface area (Å²) >= 11 is 0. The Morgan fingerprint density at radius 2 is 1.87 bits per heavy atom. The quantitative estimate of drug-likeness (QED) is 0.563. The second kappa shape index (κ2) is 10.9. The van der Waals surface area contributed by atoms with Crippen molar-refractivity contribution in [3.63, 3.8) is 0 Å². The van der Waals surface area contributed by atoms with Crippen LogP contribution in [-0.4, -0.2) is 57.1 Å². The number of methoxy groups -OCH3 is 1. The Kier molecular flexibility index (Phi) is 8.03. The van der Waals surface area contributed by atoms with Gasteiger partial charge in [0.15, 0.2) is 0 Å². The number of hydrogen-bond donors (Lipinski definition) is 3. The first-order valence-corrected chi connectivity index (χ1v) is 10.6. The van der Waals surface area contributed by atoms with E-state index in [0.29, 0.717) is 13.1 Å². The number of hydrogen-bond acceptors (Lipinski definition) is 5. The minimum Gasteiger partial charge on any atom is -0.497 e. The number of nitrogens with zero attached hydrogens (tertiary/aromatic N) is 1. The molecule has 1 fully saturated rings. The van der Waals surface area contributed by atoms with Crippen molar-refractivity contribution in [2.24, 2.45) is 11.7 Å². The van der Waals surface area contributed by atoms with Gasteiger partial charge in [-0.25, -0.2) is 0 Å². The lowest BCUT2D eigenvalue weighted by atomic mass is 9.87. The Morgan fingerprint density at radius 1 is 1.10 bits per heavy atom. The van der Waals surface area contributed by atoms with Gasteiger partial charge in [-0.2, -0.15) is 0 Å². The van der Waals surface area contributed by atoms with Crippen LogP contribution in [0, 0.1) is 5.92 Å². The summed E-state index contributed by atoms with van der Waals surface area (Å²) in [7, 11) is 3.69. The minimum absolute atomic E-state index is 0.0219. The van der Waals surface area contributed by atoms with Crippen molar-refractivity contribution < 1.29 is 14.3 Å². The summed E-state index contributed by atoms with van der Waals surface area (Å²) in [4.78, 5) is 26.6. The van der Waals surface area contributed by atoms with Crippen molar-refractivity contribution in [3.05, 3.63) is 65.2 Å². The molecule has 3 rings (SSSR count). The average molecular weight is 425 g/mol. The Morgan fingerprint density at radius 3 is 2.58 bits per heavy atom. The van der Waals surface area contributed by atoms with E-state index in [1.54, 1.807) is 7.11 Å². The van der Waals surface area contributed by atoms with Crippen molar-refractivity contribution in [3.8, 4) is 5.75 Å². The molecular weight excluding hydrogens is 392 g/mol. The monoisotopic (exact) mass is 424 g/mol. The fourth-order valence-electron chi connectivity index (χ4n) is 4.06. The number of carbonyl (C=O) groups excluding carboxylic acids is 2. The third-order valence-corrected chi connectivity index (χ3v) is 5.77. The zero-order chi connectivity index (χ0) is 22.2. The van der Waals surface area contributed by atoms with Crippen molar-refractivity contribution in [2.45, 2.75) is 18.9 Å². The second-order valence-corrected chi connectivity index (χ2v) is 8.05. The van der Waals surface area contributed by atoms with E-state index >= 15 is 0 Å². The fraction of sp³-hybridized carbons (Fsp3) is 0.417. The van der Waals surface area contributed by atoms with Gasteiger partial charge in [-0.3, -0.25) is 9.59 Å². The summed E-state index contributed by atoms with van der Waals surface area (Å²) in [5.41, 5.74) is 8.65. The van der Waals surface area contributed by atoms with E-state index in [4.69, 9.17) is 10.5 Å². The molecule has 0 bridgehead atoms. The molecule has 31 heavy (non-hydrogen) atoms. The van der Waals surface area contributed by atoms with Gasteiger partial charge in [0, 0.05) is 32.1 Å². The van der Waals surface area contributed by atoms with Crippen LogP contribution in [-0.2, 0) is 22.6 Å². The molecule has 0 spiro atoms. The highest BCUT2D eigenvalue weighted by molar-refractivity contribution is 5.80. The first-order valence-electron chi connectivity index (χ1n) is 10.6. The van der Waals surface area contributed by atoms with Gasteiger partial charge >= 0.3 is 0 Å². The predicted octanol–water partition coefficient (Wildman–Crippen LogP) is 1.27. The van der Waals surface area contributed by atoms with Crippen LogP contribution in [0.5, 0.6) is 5.75 Å². The van der Waals surface area contributed by atoms with Crippen molar-refractivity contribution in [1.29, 1.82) is 0 Å². The number of nitrogens with two attached hydrogens (primary N) is 1. The van der Waals surface area contributed by atoms with Crippen LogP contribution < -0.4 is 21.1 Å². The summed E-state index contributed by atoms with van der Waals surface area (Å²) in [6.45, 7) is 2.57. The summed E-state index contributed by atoms with van der Waals surface area (Å²) in [6, 6.07) is 16.0. The smallest absolute Gasteiger partial charge is 0.234 e. The number of carbonyl (C=O) groups is 2. The molecule has 4 N–H and O–H groups in total. The van der Waals surface area contributed by atoms with Crippen LogP contribution in [0.2, 0.25) is 0 Å². The zero-order valence-corrected chi connectivity index (χ0v) is 18.3. The van der Waals surface area contributed by atoms with E-state index in [0.717, 1.165) is 42.0 Å². The van der Waals surface area contributed by atoms with E-state index < -0.39 is 0 Å². The molecule has 0 saturated carbocycles. The van der Waals surface area contributed by atoms with E-state index in [9.17, 15) is 9.59 Å². The summed E-state index contributed by atoms with van der Waals surface area (Å²) < 4.78 is 5.18. The maximum absolute atomic E-state index is 13.0. The van der Waals surface area contributed by atoms with Gasteiger partial charge in [-0.05, 0) is 42.3 Å². The number of benzene rings is 2. The molecule has 7 heteroatoms. The molecule has 1 saturated heterocycles. The van der Waals surface area contributed by atoms with Gasteiger partial charge in [0.1, 0.15) is 5.75 Å². The van der Waals surface area contributed by atoms with Crippen LogP contribution in [0.15, 0.2) is 48.5 Å². The van der Waals surface area contributed by atoms with E-state index in [1.807, 2.05) is 43.4 Å². The number of nitrogens with one attached hydrogen (secondary N) is 2. The van der Waals surface area contributed by atoms with Gasteiger partial charge < -0.3 is 26.0 Å². The number of rotatable bonds is 9. The first-order chi connectivity index (χ1) is 15.0. The number of amides is 2. The first kappa shape index (κ1) is 22.8. The molecule has 166 valence electrons. The lowest BCUT2D eigenvalue weighted by Crippen LogP contribution is -2.35. The maximum Gasteiger partial charge on any atom is 0.234 e. The zero-order valence-electron chi connectivity index (χ0n) is 18.3. The summed E-state index contributed by atoms with van der Waals surface area (Å²) in [5, 5.41) is 5.91. The lowest BCUT2D eigenvalue weighted by Gasteiger charge is -2.19. The molecule has 2 aromatic carbocycles. The van der Waals surface area contributed by atoms with Crippen molar-refractivity contribution in [1.82, 2.24) is 15.5 Å². The molecule has 0 unspecified atom stereocenters. The number of likely N-dealkylation sites (N-methyl/N-ethyl adjacent to an activating group) is 1. The van der Waals surface area contributed by atoms with Gasteiger partial charge in [0.25, 0.3) is 0 Å². The Labute approximate surface area is 183 Å². The van der Waals surface area contributed by atoms with Crippen LogP contribution in [0.25, 0.3) is 0 Å². The van der Waals surface area contributed by atoms with Gasteiger partial charge in [0.05, 0.1) is 19.6 Å². The highest BCUT2D eigenvalue weighted by Crippen LogP contribution is 2.32. The van der Waals surface area contributed by atoms with Crippen LogP contribution >= 0.6 is 0 Å². The number of likely N-dealkylation sites (tertiary alicyclic amines) is 1. The molecule has 2 atom stereocenters. The van der Waals surface area contributed by atoms with Crippen LogP contribution in [0.1, 0.15) is 22.6 Å². The van der Waals surface area contributed by atoms with Gasteiger partial charge in [0.2, 0.25) is 11.8 Å². The highest BCUT2D eigenvalue weighted by atomic mass is 16.5. The molecule has 1 aliphatic heterocycles. The van der Waals surface area contributed by atoms with Gasteiger partial charge in [-0.1, -0.05) is 36.4 Å². The van der Waals surface area contributed by atoms with E-state index in [-0.39, 0.29) is 30.2 Å². The lowest BCUT2D eigenvalue weighted by molar-refractivity contribution is -0.125. The van der Waals surface area contributed by atoms with Crippen molar-refractivity contribution in [2.75, 3.05) is 40.3 Å². The maximum atomic E-state index is 13.0. The molecule has 1 aliphatic rings. The molecular formula is C24H32N4O3. The fourth-order valence-corrected chi connectivity index (χ4v) is 4.06. The third-order valence-electron chi connectivity index (χ3n) is 5.77. The Bertz CT molecular complexity index is 885. The average Bonchev–Trinajstić information content (AvgIpc) is 3.20. The molecule has 1 heterocycles. The summed E-state index contributed by atoms with van der Waals surface area (Å²) in [6.07, 6.45) is 0.777. The molecule has 7 nitrogen and oxygen atoms in total. The molecule has 0 radical (unpaired) electrons. The SMILES string of the molecule is COc1ccc(CCNC(=O)[C@H]2CN(C)C[C@@H]2c2cccc(CNC(=O)CN)c2)cc1. The third kappa shape index (κ3) is 6.29. The van der Waals surface area contributed by atoms with Crippen LogP contribution in [0.3, 0.4) is 0 Å². The Hall–Kier alpha value is -2.90. The standard InChI is InChI=1S/C24H32N4O3/c1-28-15-21(19-5-3-4-18(12-19)14-27-23(29)13-25)22(16-28)24(30)26-11-10-17-6-8-20(31-2)9-7-17/h3-9,12,21-22H,10-11,13-16,25H2,1-2H3,(H,26,30)(H,27,29)/t21-,22+/m1/s1. The Balaban J connectivity index is 1.59. The van der Waals surface area contributed by atoms with E-state index in [1.165, 1.54) is 0 Å². The molecule has 0 aromatic heterocycles. The highest BCUT2D eigenvalue weighted by Gasteiger charge is 2.36. The van der Waals surface area contributed by atoms with E-state index in [2.05, 4.69) is 27.7 Å². The van der Waals surface area contributed by atoms with Crippen LogP contribution in [0.4, 0.5) is 0 Å². The second-order valence-electron chi connectivity index (χ2n) is 8.05. The topological polar surface area (TPSA) is 96.7 Å². The predicted molar refractivity (Wildman–Crippen MR) is 121 cm³/mol. The molecule has 0 aliphatic carbocycles. The summed E-state index contributed by atoms with van der Waals surface area (Å²) in [5.74, 6) is 0.755. The minimum atomic E-state index is -0.180. The largest absolute Gasteiger partial charge is 0.497 e. The molecule has 2 aromatic rings. The normalized spacial score (nSPS) is 18.5. The molecule has 2 amide bonds. The van der Waals surface area contributed by atoms with Crippen molar-refractivity contribution >= 4 is 11.8 Å². The number of ether oxygens (including phenoxy) is 1.